The fourth-order valence-corrected chi connectivity index (χ4v) is 1.68. The topological polar surface area (TPSA) is 0 Å². The SMILES string of the molecule is CCc1ccccc1C1=[C]CC=C1. The minimum atomic E-state index is 0.966. The Morgan fingerprint density at radius 2 is 2.15 bits per heavy atom. The molecule has 0 N–H and O–H groups in total. The van der Waals surface area contributed by atoms with Gasteiger partial charge in [-0.25, -0.2) is 0 Å². The summed E-state index contributed by atoms with van der Waals surface area (Å²) in [6.07, 6.45) is 9.73. The predicted octanol–water partition coefficient (Wildman–Crippen LogP) is 3.40. The standard InChI is InChI=1S/C13H13/c1-2-11-7-5-6-10-13(11)12-8-3-4-9-12/h3,5-8,10H,2,4H2,1H3. The van der Waals surface area contributed by atoms with Crippen LogP contribution in [0.2, 0.25) is 0 Å². The van der Waals surface area contributed by atoms with Crippen LogP contribution in [0.1, 0.15) is 24.5 Å². The summed E-state index contributed by atoms with van der Waals surface area (Å²) in [6, 6.07) is 8.56. The number of benzene rings is 1. The quantitative estimate of drug-likeness (QED) is 0.636. The van der Waals surface area contributed by atoms with Gasteiger partial charge in [0.1, 0.15) is 0 Å². The molecule has 1 aliphatic carbocycles. The molecule has 0 heteroatoms. The molecule has 0 saturated carbocycles. The van der Waals surface area contributed by atoms with Gasteiger partial charge in [0.05, 0.1) is 0 Å². The van der Waals surface area contributed by atoms with Crippen molar-refractivity contribution in [1.29, 1.82) is 0 Å². The summed E-state index contributed by atoms with van der Waals surface area (Å²) >= 11 is 0. The fraction of sp³-hybridized carbons (Fsp3) is 0.231. The van der Waals surface area contributed by atoms with Crippen LogP contribution < -0.4 is 0 Å². The summed E-state index contributed by atoms with van der Waals surface area (Å²) in [7, 11) is 0. The van der Waals surface area contributed by atoms with Gasteiger partial charge in [0.15, 0.2) is 0 Å². The maximum Gasteiger partial charge on any atom is -0.00849 e. The van der Waals surface area contributed by atoms with Crippen molar-refractivity contribution in [2.75, 3.05) is 0 Å². The molecule has 1 aromatic rings. The third-order valence-corrected chi connectivity index (χ3v) is 2.38. The maximum absolute atomic E-state index is 3.35. The molecule has 0 aromatic heterocycles. The lowest BCUT2D eigenvalue weighted by atomic mass is 9.99. The number of hydrogen-bond donors (Lipinski definition) is 0. The van der Waals surface area contributed by atoms with E-state index in [1.807, 2.05) is 0 Å². The molecule has 0 heterocycles. The second-order valence-corrected chi connectivity index (χ2v) is 3.21. The molecule has 0 saturated heterocycles. The van der Waals surface area contributed by atoms with E-state index in [1.54, 1.807) is 0 Å². The molecule has 0 atom stereocenters. The molecular formula is C13H13. The second kappa shape index (κ2) is 3.61. The number of rotatable bonds is 2. The summed E-state index contributed by atoms with van der Waals surface area (Å²) in [5, 5.41) is 0. The van der Waals surface area contributed by atoms with Crippen molar-refractivity contribution in [3.05, 3.63) is 53.6 Å². The molecule has 0 aliphatic heterocycles. The molecule has 1 aliphatic rings. The van der Waals surface area contributed by atoms with E-state index in [2.05, 4.69) is 49.4 Å². The molecule has 0 nitrogen and oxygen atoms in total. The van der Waals surface area contributed by atoms with Crippen LogP contribution >= 0.6 is 0 Å². The first-order valence-electron chi connectivity index (χ1n) is 4.77. The van der Waals surface area contributed by atoms with Gasteiger partial charge in [0.25, 0.3) is 0 Å². The highest BCUT2D eigenvalue weighted by Gasteiger charge is 2.05. The predicted molar refractivity (Wildman–Crippen MR) is 56.2 cm³/mol. The zero-order valence-electron chi connectivity index (χ0n) is 7.88. The van der Waals surface area contributed by atoms with E-state index >= 15 is 0 Å². The Kier molecular flexibility index (Phi) is 2.31. The Bertz CT molecular complexity index is 356. The third-order valence-electron chi connectivity index (χ3n) is 2.38. The van der Waals surface area contributed by atoms with Crippen molar-refractivity contribution in [1.82, 2.24) is 0 Å². The van der Waals surface area contributed by atoms with Gasteiger partial charge in [-0.05, 0) is 35.6 Å². The van der Waals surface area contributed by atoms with E-state index in [0.29, 0.717) is 0 Å². The normalized spacial score (nSPS) is 14.7. The minimum Gasteiger partial charge on any atom is -0.0795 e. The third kappa shape index (κ3) is 1.57. The second-order valence-electron chi connectivity index (χ2n) is 3.21. The molecule has 1 radical (unpaired) electrons. The zero-order valence-corrected chi connectivity index (χ0v) is 7.88. The van der Waals surface area contributed by atoms with Crippen LogP contribution in [0.4, 0.5) is 0 Å². The fourth-order valence-electron chi connectivity index (χ4n) is 1.68. The van der Waals surface area contributed by atoms with Gasteiger partial charge in [-0.3, -0.25) is 0 Å². The van der Waals surface area contributed by atoms with Crippen LogP contribution in [0, 0.1) is 6.08 Å². The molecule has 2 rings (SSSR count). The highest BCUT2D eigenvalue weighted by molar-refractivity contribution is 5.76. The van der Waals surface area contributed by atoms with E-state index in [0.717, 1.165) is 12.8 Å². The summed E-state index contributed by atoms with van der Waals surface area (Å²) < 4.78 is 0. The first-order valence-corrected chi connectivity index (χ1v) is 4.77. The molecule has 0 fully saturated rings. The van der Waals surface area contributed by atoms with E-state index < -0.39 is 0 Å². The van der Waals surface area contributed by atoms with Crippen molar-refractivity contribution < 1.29 is 0 Å². The lowest BCUT2D eigenvalue weighted by molar-refractivity contribution is 1.13. The van der Waals surface area contributed by atoms with Gasteiger partial charge in [0.2, 0.25) is 0 Å². The van der Waals surface area contributed by atoms with Crippen LogP contribution in [0.15, 0.2) is 36.4 Å². The van der Waals surface area contributed by atoms with Crippen molar-refractivity contribution >= 4 is 5.57 Å². The van der Waals surface area contributed by atoms with Gasteiger partial charge in [0, 0.05) is 0 Å². The van der Waals surface area contributed by atoms with Crippen LogP contribution in [0.3, 0.4) is 0 Å². The van der Waals surface area contributed by atoms with Crippen molar-refractivity contribution in [3.8, 4) is 0 Å². The minimum absolute atomic E-state index is 0.966. The Labute approximate surface area is 79.6 Å². The lowest BCUT2D eigenvalue weighted by Crippen LogP contribution is -1.88. The summed E-state index contributed by atoms with van der Waals surface area (Å²) in [6.45, 7) is 2.19. The van der Waals surface area contributed by atoms with Crippen molar-refractivity contribution in [2.24, 2.45) is 0 Å². The largest absolute Gasteiger partial charge is 0.0795 e. The van der Waals surface area contributed by atoms with Gasteiger partial charge in [-0.1, -0.05) is 43.3 Å². The molecular weight excluding hydrogens is 156 g/mol. The Balaban J connectivity index is 2.44. The van der Waals surface area contributed by atoms with E-state index in [-0.39, 0.29) is 0 Å². The molecule has 1 aromatic carbocycles. The van der Waals surface area contributed by atoms with Crippen LogP contribution in [0.5, 0.6) is 0 Å². The summed E-state index contributed by atoms with van der Waals surface area (Å²) in [4.78, 5) is 0. The average Bonchev–Trinajstić information content (AvgIpc) is 2.70. The average molecular weight is 169 g/mol. The molecule has 0 spiro atoms. The van der Waals surface area contributed by atoms with Gasteiger partial charge < -0.3 is 0 Å². The van der Waals surface area contributed by atoms with Gasteiger partial charge >= 0.3 is 0 Å². The Morgan fingerprint density at radius 1 is 1.31 bits per heavy atom. The van der Waals surface area contributed by atoms with Crippen molar-refractivity contribution in [2.45, 2.75) is 19.8 Å². The highest BCUT2D eigenvalue weighted by atomic mass is 14.1. The summed E-state index contributed by atoms with van der Waals surface area (Å²) in [5.74, 6) is 0. The van der Waals surface area contributed by atoms with E-state index in [9.17, 15) is 0 Å². The Morgan fingerprint density at radius 3 is 2.85 bits per heavy atom. The van der Waals surface area contributed by atoms with Crippen LogP contribution in [-0.2, 0) is 6.42 Å². The monoisotopic (exact) mass is 169 g/mol. The first kappa shape index (κ1) is 8.31. The van der Waals surface area contributed by atoms with Crippen molar-refractivity contribution in [3.63, 3.8) is 0 Å². The molecule has 0 bridgehead atoms. The van der Waals surface area contributed by atoms with E-state index in [4.69, 9.17) is 0 Å². The zero-order chi connectivity index (χ0) is 9.10. The number of hydrogen-bond acceptors (Lipinski definition) is 0. The molecule has 0 unspecified atom stereocenters. The number of allylic oxidation sites excluding steroid dienone is 4. The van der Waals surface area contributed by atoms with Crippen LogP contribution in [-0.4, -0.2) is 0 Å². The molecule has 13 heavy (non-hydrogen) atoms. The molecule has 0 amide bonds. The van der Waals surface area contributed by atoms with E-state index in [1.165, 1.54) is 16.7 Å². The summed E-state index contributed by atoms with van der Waals surface area (Å²) in [5.41, 5.74) is 4.02. The maximum atomic E-state index is 3.35. The van der Waals surface area contributed by atoms with Crippen LogP contribution in [0.25, 0.3) is 5.57 Å². The smallest absolute Gasteiger partial charge is 0.00849 e. The Hall–Kier alpha value is -1.30. The van der Waals surface area contributed by atoms with Gasteiger partial charge in [-0.2, -0.15) is 0 Å². The number of aryl methyl sites for hydroxylation is 1. The molecule has 65 valence electrons. The first-order chi connectivity index (χ1) is 6.42. The lowest BCUT2D eigenvalue weighted by Gasteiger charge is -2.06. The highest BCUT2D eigenvalue weighted by Crippen LogP contribution is 2.24. The van der Waals surface area contributed by atoms with Gasteiger partial charge in [-0.15, -0.1) is 0 Å².